The Morgan fingerprint density at radius 2 is 1.89 bits per heavy atom. The molecule has 2 aliphatic rings. The van der Waals surface area contributed by atoms with Crippen LogP contribution in [0.25, 0.3) is 0 Å². The topological polar surface area (TPSA) is 15.3 Å². The maximum atomic E-state index is 12.6. The average molecular weight is 278 g/mol. The zero-order valence-corrected chi connectivity index (χ0v) is 11.7. The van der Waals surface area contributed by atoms with E-state index in [9.17, 15) is 13.2 Å². The summed E-state index contributed by atoms with van der Waals surface area (Å²) >= 11 is 0. The van der Waals surface area contributed by atoms with E-state index in [1.807, 2.05) is 0 Å². The number of hydrogen-bond donors (Lipinski definition) is 1. The number of likely N-dealkylation sites (tertiary alicyclic amines) is 1. The van der Waals surface area contributed by atoms with Crippen molar-refractivity contribution in [2.75, 3.05) is 26.2 Å². The molecule has 0 radical (unpaired) electrons. The van der Waals surface area contributed by atoms with Gasteiger partial charge in [0.25, 0.3) is 0 Å². The second-order valence-electron chi connectivity index (χ2n) is 6.23. The molecule has 0 spiro atoms. The molecule has 1 aliphatic carbocycles. The molecule has 2 rings (SSSR count). The van der Waals surface area contributed by atoms with Crippen molar-refractivity contribution in [2.45, 2.75) is 51.2 Å². The van der Waals surface area contributed by atoms with Gasteiger partial charge >= 0.3 is 6.18 Å². The molecule has 2 atom stereocenters. The highest BCUT2D eigenvalue weighted by Gasteiger charge is 2.36. The van der Waals surface area contributed by atoms with Crippen molar-refractivity contribution >= 4 is 0 Å². The maximum absolute atomic E-state index is 12.6. The molecule has 1 saturated carbocycles. The average Bonchev–Trinajstić information content (AvgIpc) is 3.08. The van der Waals surface area contributed by atoms with Crippen molar-refractivity contribution in [1.82, 2.24) is 10.2 Å². The van der Waals surface area contributed by atoms with Crippen LogP contribution < -0.4 is 5.32 Å². The first-order valence-electron chi connectivity index (χ1n) is 7.48. The highest BCUT2D eigenvalue weighted by Crippen LogP contribution is 2.31. The number of nitrogens with zero attached hydrogens (tertiary/aromatic N) is 1. The van der Waals surface area contributed by atoms with E-state index in [-0.39, 0.29) is 12.0 Å². The van der Waals surface area contributed by atoms with Crippen molar-refractivity contribution < 1.29 is 13.2 Å². The zero-order chi connectivity index (χ0) is 13.9. The van der Waals surface area contributed by atoms with Gasteiger partial charge in [-0.1, -0.05) is 6.92 Å². The third-order valence-corrected chi connectivity index (χ3v) is 4.06. The van der Waals surface area contributed by atoms with E-state index >= 15 is 0 Å². The summed E-state index contributed by atoms with van der Waals surface area (Å²) in [6, 6.07) is 0.244. The zero-order valence-electron chi connectivity index (χ0n) is 11.7. The molecule has 0 amide bonds. The minimum absolute atomic E-state index is 0.239. The molecule has 0 aromatic carbocycles. The van der Waals surface area contributed by atoms with Crippen molar-refractivity contribution in [2.24, 2.45) is 11.8 Å². The van der Waals surface area contributed by atoms with Crippen molar-refractivity contribution in [1.29, 1.82) is 0 Å². The Bertz CT molecular complexity index is 276. The molecule has 112 valence electrons. The highest BCUT2D eigenvalue weighted by molar-refractivity contribution is 4.86. The second kappa shape index (κ2) is 6.44. The van der Waals surface area contributed by atoms with Gasteiger partial charge in [-0.3, -0.25) is 0 Å². The van der Waals surface area contributed by atoms with E-state index in [0.29, 0.717) is 13.0 Å². The van der Waals surface area contributed by atoms with Crippen molar-refractivity contribution in [3.05, 3.63) is 0 Å². The van der Waals surface area contributed by atoms with E-state index in [1.165, 1.54) is 12.8 Å². The van der Waals surface area contributed by atoms with Crippen LogP contribution in [0.4, 0.5) is 13.2 Å². The Hall–Kier alpha value is -0.290. The van der Waals surface area contributed by atoms with Crippen LogP contribution in [0.5, 0.6) is 0 Å². The summed E-state index contributed by atoms with van der Waals surface area (Å²) in [4.78, 5) is 2.20. The van der Waals surface area contributed by atoms with Crippen LogP contribution in [0.1, 0.15) is 39.0 Å². The van der Waals surface area contributed by atoms with E-state index in [2.05, 4.69) is 17.1 Å². The van der Waals surface area contributed by atoms with Crippen LogP contribution in [0.2, 0.25) is 0 Å². The molecular weight excluding hydrogens is 253 g/mol. The van der Waals surface area contributed by atoms with Gasteiger partial charge in [-0.05, 0) is 50.6 Å². The molecule has 2 unspecified atom stereocenters. The van der Waals surface area contributed by atoms with Crippen LogP contribution >= 0.6 is 0 Å². The Kier molecular flexibility index (Phi) is 5.12. The largest absolute Gasteiger partial charge is 0.389 e. The lowest BCUT2D eigenvalue weighted by molar-refractivity contribution is -0.148. The fourth-order valence-corrected chi connectivity index (χ4v) is 3.08. The predicted octanol–water partition coefficient (Wildman–Crippen LogP) is 3.04. The van der Waals surface area contributed by atoms with E-state index in [4.69, 9.17) is 0 Å². The van der Waals surface area contributed by atoms with Crippen LogP contribution in [0.15, 0.2) is 0 Å². The monoisotopic (exact) mass is 278 g/mol. The maximum Gasteiger partial charge on any atom is 0.389 e. The molecule has 2 fully saturated rings. The number of rotatable bonds is 6. The Morgan fingerprint density at radius 3 is 2.47 bits per heavy atom. The van der Waals surface area contributed by atoms with Gasteiger partial charge in [-0.25, -0.2) is 0 Å². The molecule has 1 heterocycles. The van der Waals surface area contributed by atoms with Gasteiger partial charge in [0.05, 0.1) is 0 Å². The molecule has 2 nitrogen and oxygen atoms in total. The van der Waals surface area contributed by atoms with Gasteiger partial charge in [0.2, 0.25) is 0 Å². The molecule has 1 aliphatic heterocycles. The smallest absolute Gasteiger partial charge is 0.312 e. The van der Waals surface area contributed by atoms with Gasteiger partial charge in [0.1, 0.15) is 0 Å². The first-order valence-corrected chi connectivity index (χ1v) is 7.48. The number of halogens is 3. The van der Waals surface area contributed by atoms with Crippen molar-refractivity contribution in [3.8, 4) is 0 Å². The van der Waals surface area contributed by atoms with E-state index < -0.39 is 12.6 Å². The lowest BCUT2D eigenvalue weighted by Crippen LogP contribution is -2.50. The van der Waals surface area contributed by atoms with Gasteiger partial charge < -0.3 is 10.2 Å². The predicted molar refractivity (Wildman–Crippen MR) is 70.0 cm³/mol. The summed E-state index contributed by atoms with van der Waals surface area (Å²) in [5.41, 5.74) is 0. The fraction of sp³-hybridized carbons (Fsp3) is 1.00. The SMILES string of the molecule is CCCN1CC(CC(F)(F)F)CC(NCC2CC2)C1. The van der Waals surface area contributed by atoms with Crippen LogP contribution in [0, 0.1) is 11.8 Å². The second-order valence-corrected chi connectivity index (χ2v) is 6.23. The first kappa shape index (κ1) is 15.1. The van der Waals surface area contributed by atoms with E-state index in [0.717, 1.165) is 32.0 Å². The van der Waals surface area contributed by atoms with Crippen LogP contribution in [0.3, 0.4) is 0 Å². The molecular formula is C14H25F3N2. The van der Waals surface area contributed by atoms with Gasteiger partial charge in [-0.15, -0.1) is 0 Å². The Morgan fingerprint density at radius 1 is 1.16 bits per heavy atom. The molecule has 1 saturated heterocycles. The number of nitrogens with one attached hydrogen (secondary N) is 1. The molecule has 0 bridgehead atoms. The number of piperidine rings is 1. The van der Waals surface area contributed by atoms with Crippen LogP contribution in [-0.2, 0) is 0 Å². The summed E-state index contributed by atoms with van der Waals surface area (Å²) in [5, 5.41) is 3.48. The molecule has 19 heavy (non-hydrogen) atoms. The van der Waals surface area contributed by atoms with Gasteiger partial charge in [-0.2, -0.15) is 13.2 Å². The summed E-state index contributed by atoms with van der Waals surface area (Å²) in [6.45, 7) is 5.50. The number of hydrogen-bond acceptors (Lipinski definition) is 2. The quantitative estimate of drug-likeness (QED) is 0.803. The standard InChI is InChI=1S/C14H25F3N2/c1-2-5-19-9-12(7-14(15,16)17)6-13(10-19)18-8-11-3-4-11/h11-13,18H,2-10H2,1H3. The Labute approximate surface area is 113 Å². The third-order valence-electron chi connectivity index (χ3n) is 4.06. The van der Waals surface area contributed by atoms with Gasteiger partial charge in [0.15, 0.2) is 0 Å². The molecule has 1 N–H and O–H groups in total. The third kappa shape index (κ3) is 5.69. The first-order chi connectivity index (χ1) is 8.96. The van der Waals surface area contributed by atoms with Crippen LogP contribution in [-0.4, -0.2) is 43.3 Å². The van der Waals surface area contributed by atoms with E-state index in [1.54, 1.807) is 0 Å². The summed E-state index contributed by atoms with van der Waals surface area (Å²) < 4.78 is 37.7. The Balaban J connectivity index is 1.83. The summed E-state index contributed by atoms with van der Waals surface area (Å²) in [5.74, 6) is 0.541. The molecule has 5 heteroatoms. The lowest BCUT2D eigenvalue weighted by Gasteiger charge is -2.38. The molecule has 0 aromatic heterocycles. The van der Waals surface area contributed by atoms with Gasteiger partial charge in [0, 0.05) is 25.6 Å². The number of alkyl halides is 3. The summed E-state index contributed by atoms with van der Waals surface area (Å²) in [7, 11) is 0. The minimum atomic E-state index is -4.03. The highest BCUT2D eigenvalue weighted by atomic mass is 19.4. The van der Waals surface area contributed by atoms with Crippen molar-refractivity contribution in [3.63, 3.8) is 0 Å². The lowest BCUT2D eigenvalue weighted by atomic mass is 9.91. The molecule has 0 aromatic rings. The fourth-order valence-electron chi connectivity index (χ4n) is 3.08. The minimum Gasteiger partial charge on any atom is -0.312 e. The normalized spacial score (nSPS) is 29.7. The summed E-state index contributed by atoms with van der Waals surface area (Å²) in [6.07, 6.45) is -0.412.